The van der Waals surface area contributed by atoms with Crippen LogP contribution in [-0.4, -0.2) is 10.8 Å². The van der Waals surface area contributed by atoms with Crippen LogP contribution in [-0.2, 0) is 0 Å². The number of nitrogens with zero attached hydrogens (tertiary/aromatic N) is 1. The lowest BCUT2D eigenvalue weighted by atomic mass is 10.0. The van der Waals surface area contributed by atoms with Gasteiger partial charge in [-0.15, -0.1) is 0 Å². The lowest BCUT2D eigenvalue weighted by Crippen LogP contribution is -2.00. The molecule has 3 aromatic rings. The van der Waals surface area contributed by atoms with Crippen LogP contribution in [0.1, 0.15) is 16.1 Å². The van der Waals surface area contributed by atoms with E-state index in [1.165, 1.54) is 0 Å². The van der Waals surface area contributed by atoms with Gasteiger partial charge in [0.05, 0.1) is 0 Å². The molecule has 4 heteroatoms. The first-order chi connectivity index (χ1) is 8.75. The third-order valence-corrected chi connectivity index (χ3v) is 2.93. The van der Waals surface area contributed by atoms with Gasteiger partial charge in [0.25, 0.3) is 0 Å². The highest BCUT2D eigenvalue weighted by Gasteiger charge is 2.15. The Hall–Kier alpha value is -2.13. The molecule has 18 heavy (non-hydrogen) atoms. The van der Waals surface area contributed by atoms with Gasteiger partial charge in [0.15, 0.2) is 11.0 Å². The minimum absolute atomic E-state index is 0.182. The molecule has 0 saturated carbocycles. The van der Waals surface area contributed by atoms with E-state index in [1.807, 2.05) is 18.2 Å². The van der Waals surface area contributed by atoms with Gasteiger partial charge in [-0.05, 0) is 35.2 Å². The van der Waals surface area contributed by atoms with Gasteiger partial charge in [-0.3, -0.25) is 9.78 Å². The molecule has 0 bridgehead atoms. The van der Waals surface area contributed by atoms with E-state index in [0.717, 1.165) is 10.8 Å². The summed E-state index contributed by atoms with van der Waals surface area (Å²) in [7, 11) is 0. The lowest BCUT2D eigenvalue weighted by Gasteiger charge is -2.03. The van der Waals surface area contributed by atoms with Crippen LogP contribution in [0.5, 0.6) is 0 Å². The fourth-order valence-corrected chi connectivity index (χ4v) is 2.04. The van der Waals surface area contributed by atoms with Gasteiger partial charge in [0.2, 0.25) is 5.78 Å². The van der Waals surface area contributed by atoms with Crippen LogP contribution in [0.2, 0.25) is 5.22 Å². The van der Waals surface area contributed by atoms with Gasteiger partial charge in [-0.1, -0.05) is 18.2 Å². The summed E-state index contributed by atoms with van der Waals surface area (Å²) in [5, 5.41) is 1.98. The third kappa shape index (κ3) is 1.79. The lowest BCUT2D eigenvalue weighted by molar-refractivity contribution is 0.101. The fraction of sp³-hybridized carbons (Fsp3) is 0. The third-order valence-electron chi connectivity index (χ3n) is 2.72. The SMILES string of the molecule is O=C(c1ccc(Cl)o1)c1cccc2cnccc12. The Bertz CT molecular complexity index is 728. The number of rotatable bonds is 2. The van der Waals surface area contributed by atoms with Crippen LogP contribution in [0.3, 0.4) is 0 Å². The number of fused-ring (bicyclic) bond motifs is 1. The molecule has 3 rings (SSSR count). The van der Waals surface area contributed by atoms with Crippen molar-refractivity contribution in [1.82, 2.24) is 4.98 Å². The fourth-order valence-electron chi connectivity index (χ4n) is 1.89. The van der Waals surface area contributed by atoms with Crippen molar-refractivity contribution in [2.75, 3.05) is 0 Å². The Balaban J connectivity index is 2.17. The van der Waals surface area contributed by atoms with Gasteiger partial charge in [0.1, 0.15) is 0 Å². The van der Waals surface area contributed by atoms with E-state index in [1.54, 1.807) is 30.6 Å². The van der Waals surface area contributed by atoms with Gasteiger partial charge in [-0.2, -0.15) is 0 Å². The van der Waals surface area contributed by atoms with Gasteiger partial charge >= 0.3 is 0 Å². The number of benzene rings is 1. The zero-order valence-electron chi connectivity index (χ0n) is 9.26. The molecule has 0 unspecified atom stereocenters. The van der Waals surface area contributed by atoms with E-state index < -0.39 is 0 Å². The number of furan rings is 1. The summed E-state index contributed by atoms with van der Waals surface area (Å²) in [6.45, 7) is 0. The maximum atomic E-state index is 12.3. The first-order valence-electron chi connectivity index (χ1n) is 5.38. The molecule has 0 aliphatic rings. The second kappa shape index (κ2) is 4.27. The molecule has 0 radical (unpaired) electrons. The van der Waals surface area contributed by atoms with E-state index >= 15 is 0 Å². The standard InChI is InChI=1S/C14H8ClNO2/c15-13-5-4-12(18-13)14(17)11-3-1-2-9-8-16-7-6-10(9)11/h1-8H. The van der Waals surface area contributed by atoms with Crippen LogP contribution in [0.25, 0.3) is 10.8 Å². The van der Waals surface area contributed by atoms with Crippen LogP contribution in [0.15, 0.2) is 53.2 Å². The highest BCUT2D eigenvalue weighted by Crippen LogP contribution is 2.22. The minimum Gasteiger partial charge on any atom is -0.441 e. The highest BCUT2D eigenvalue weighted by molar-refractivity contribution is 6.29. The topological polar surface area (TPSA) is 43.1 Å². The molecule has 0 aliphatic heterocycles. The molecule has 0 aliphatic carbocycles. The number of aromatic nitrogens is 1. The smallest absolute Gasteiger partial charge is 0.228 e. The highest BCUT2D eigenvalue weighted by atomic mass is 35.5. The molecule has 2 aromatic heterocycles. The number of pyridine rings is 1. The summed E-state index contributed by atoms with van der Waals surface area (Å²) in [6, 6.07) is 10.4. The average molecular weight is 258 g/mol. The van der Waals surface area contributed by atoms with Crippen LogP contribution in [0, 0.1) is 0 Å². The Morgan fingerprint density at radius 1 is 1.17 bits per heavy atom. The molecule has 2 heterocycles. The first kappa shape index (κ1) is 11.0. The predicted octanol–water partition coefficient (Wildman–Crippen LogP) is 3.71. The normalized spacial score (nSPS) is 10.7. The predicted molar refractivity (Wildman–Crippen MR) is 68.9 cm³/mol. The van der Waals surface area contributed by atoms with E-state index in [-0.39, 0.29) is 16.8 Å². The van der Waals surface area contributed by atoms with Crippen LogP contribution in [0.4, 0.5) is 0 Å². The summed E-state index contributed by atoms with van der Waals surface area (Å²) in [4.78, 5) is 16.3. The van der Waals surface area contributed by atoms with Gasteiger partial charge in [-0.25, -0.2) is 0 Å². The zero-order valence-corrected chi connectivity index (χ0v) is 10.0. The van der Waals surface area contributed by atoms with Crippen LogP contribution < -0.4 is 0 Å². The molecule has 1 aromatic carbocycles. The Labute approximate surface area is 108 Å². The molecular weight excluding hydrogens is 250 g/mol. The van der Waals surface area contributed by atoms with Crippen molar-refractivity contribution in [2.24, 2.45) is 0 Å². The zero-order chi connectivity index (χ0) is 12.5. The Morgan fingerprint density at radius 3 is 2.83 bits per heavy atom. The second-order valence-electron chi connectivity index (χ2n) is 3.84. The van der Waals surface area contributed by atoms with E-state index in [4.69, 9.17) is 16.0 Å². The number of hydrogen-bond donors (Lipinski definition) is 0. The van der Waals surface area contributed by atoms with E-state index in [0.29, 0.717) is 5.56 Å². The monoisotopic (exact) mass is 257 g/mol. The summed E-state index contributed by atoms with van der Waals surface area (Å²) in [6.07, 6.45) is 3.38. The molecule has 88 valence electrons. The van der Waals surface area contributed by atoms with Crippen molar-refractivity contribution in [2.45, 2.75) is 0 Å². The maximum absolute atomic E-state index is 12.3. The summed E-state index contributed by atoms with van der Waals surface area (Å²) < 4.78 is 5.15. The van der Waals surface area contributed by atoms with Gasteiger partial charge < -0.3 is 4.42 Å². The van der Waals surface area contributed by atoms with Crippen molar-refractivity contribution >= 4 is 28.2 Å². The number of carbonyl (C=O) groups is 1. The molecule has 0 fully saturated rings. The quantitative estimate of drug-likeness (QED) is 0.657. The molecule has 0 atom stereocenters. The summed E-state index contributed by atoms with van der Waals surface area (Å²) >= 11 is 5.68. The summed E-state index contributed by atoms with van der Waals surface area (Å²) in [5.74, 6) is 0.0583. The molecule has 3 nitrogen and oxygen atoms in total. The van der Waals surface area contributed by atoms with Crippen molar-refractivity contribution in [3.8, 4) is 0 Å². The molecule has 0 spiro atoms. The maximum Gasteiger partial charge on any atom is 0.228 e. The van der Waals surface area contributed by atoms with Crippen LogP contribution >= 0.6 is 11.6 Å². The van der Waals surface area contributed by atoms with Crippen molar-refractivity contribution in [3.63, 3.8) is 0 Å². The van der Waals surface area contributed by atoms with Crippen molar-refractivity contribution in [3.05, 3.63) is 65.3 Å². The number of carbonyl (C=O) groups excluding carboxylic acids is 1. The number of halogens is 1. The minimum atomic E-state index is -0.182. The number of ketones is 1. The Morgan fingerprint density at radius 2 is 2.06 bits per heavy atom. The molecule has 0 saturated heterocycles. The molecule has 0 amide bonds. The van der Waals surface area contributed by atoms with E-state index in [9.17, 15) is 4.79 Å². The number of hydrogen-bond acceptors (Lipinski definition) is 3. The second-order valence-corrected chi connectivity index (χ2v) is 4.21. The Kier molecular flexibility index (Phi) is 2.61. The average Bonchev–Trinajstić information content (AvgIpc) is 2.84. The molecule has 0 N–H and O–H groups in total. The summed E-state index contributed by atoms with van der Waals surface area (Å²) in [5.41, 5.74) is 0.584. The van der Waals surface area contributed by atoms with Crippen molar-refractivity contribution < 1.29 is 9.21 Å². The molecular formula is C14H8ClNO2. The largest absolute Gasteiger partial charge is 0.441 e. The van der Waals surface area contributed by atoms with E-state index in [2.05, 4.69) is 4.98 Å². The van der Waals surface area contributed by atoms with Crippen molar-refractivity contribution in [1.29, 1.82) is 0 Å². The first-order valence-corrected chi connectivity index (χ1v) is 5.76. The van der Waals surface area contributed by atoms with Gasteiger partial charge in [0, 0.05) is 23.3 Å².